The van der Waals surface area contributed by atoms with Gasteiger partial charge in [0.1, 0.15) is 17.3 Å². The van der Waals surface area contributed by atoms with E-state index < -0.39 is 29.6 Å². The zero-order chi connectivity index (χ0) is 34.0. The molecule has 256 valence electrons. The summed E-state index contributed by atoms with van der Waals surface area (Å²) < 4.78 is 21.2. The van der Waals surface area contributed by atoms with Gasteiger partial charge in [-0.25, -0.2) is 9.18 Å². The molecule has 0 saturated carbocycles. The van der Waals surface area contributed by atoms with E-state index >= 15 is 4.39 Å². The number of aromatic hydroxyl groups is 1. The molecule has 0 aliphatic carbocycles. The lowest BCUT2D eigenvalue weighted by molar-refractivity contribution is -0.122. The van der Waals surface area contributed by atoms with E-state index in [1.54, 1.807) is 31.2 Å². The monoisotopic (exact) mass is 667 g/mol. The van der Waals surface area contributed by atoms with E-state index in [9.17, 15) is 14.7 Å². The van der Waals surface area contributed by atoms with Crippen LogP contribution in [0.5, 0.6) is 11.5 Å². The first-order chi connectivity index (χ1) is 22.7. The molecule has 0 heterocycles. The second-order valence-electron chi connectivity index (χ2n) is 12.1. The Kier molecular flexibility index (Phi) is 16.4. The molecule has 0 saturated heterocycles. The van der Waals surface area contributed by atoms with Crippen LogP contribution in [0.15, 0.2) is 60.7 Å². The predicted molar refractivity (Wildman–Crippen MR) is 190 cm³/mol. The number of nitrogens with two attached hydrogens (primary N) is 1. The van der Waals surface area contributed by atoms with E-state index in [-0.39, 0.29) is 17.1 Å². The Hall–Kier alpha value is -3.78. The van der Waals surface area contributed by atoms with Gasteiger partial charge in [-0.1, -0.05) is 121 Å². The topological polar surface area (TPSA) is 105 Å². The third kappa shape index (κ3) is 12.7. The Balaban J connectivity index is 1.48. The molecule has 1 atom stereocenters. The number of phenolic OH excluding ortho intramolecular Hbond substituents is 1. The molecule has 3 rings (SSSR count). The zero-order valence-corrected chi connectivity index (χ0v) is 28.7. The number of amides is 3. The molecule has 3 amide bonds. The molecule has 7 nitrogen and oxygen atoms in total. The van der Waals surface area contributed by atoms with Crippen LogP contribution in [0.1, 0.15) is 109 Å². The molecule has 0 aromatic heterocycles. The van der Waals surface area contributed by atoms with Crippen molar-refractivity contribution in [2.75, 3.05) is 10.2 Å². The van der Waals surface area contributed by atoms with Crippen molar-refractivity contribution < 1.29 is 23.8 Å². The van der Waals surface area contributed by atoms with E-state index in [0.29, 0.717) is 17.2 Å². The molecule has 4 N–H and O–H groups in total. The molecule has 1 unspecified atom stereocenters. The lowest BCUT2D eigenvalue weighted by Gasteiger charge is -2.23. The first-order valence-corrected chi connectivity index (χ1v) is 17.5. The zero-order valence-electron chi connectivity index (χ0n) is 27.9. The van der Waals surface area contributed by atoms with Gasteiger partial charge in [0.05, 0.1) is 17.1 Å². The number of rotatable bonds is 21. The van der Waals surface area contributed by atoms with Crippen LogP contribution in [0.4, 0.5) is 26.2 Å². The number of halogens is 2. The Labute approximate surface area is 284 Å². The molecule has 0 aliphatic rings. The number of unbranched alkanes of at least 4 members (excludes halogenated alkanes) is 12. The number of carbonyl (C=O) groups excluding carboxylic acids is 2. The molecule has 0 bridgehead atoms. The second-order valence-corrected chi connectivity index (χ2v) is 12.6. The fourth-order valence-electron chi connectivity index (χ4n) is 5.65. The minimum atomic E-state index is -0.950. The quantitative estimate of drug-likeness (QED) is 0.0983. The maximum atomic E-state index is 15.2. The number of urea groups is 1. The van der Waals surface area contributed by atoms with Crippen molar-refractivity contribution in [1.29, 1.82) is 0 Å². The highest BCUT2D eigenvalue weighted by atomic mass is 35.5. The minimum absolute atomic E-state index is 0.195. The summed E-state index contributed by atoms with van der Waals surface area (Å²) in [5.41, 5.74) is 6.47. The fraction of sp³-hybridized carbons (Fsp3) is 0.474. The number of aryl methyl sites for hydroxylation is 1. The first kappa shape index (κ1) is 37.7. The summed E-state index contributed by atoms with van der Waals surface area (Å²) in [7, 11) is 0. The first-order valence-electron chi connectivity index (χ1n) is 17.2. The van der Waals surface area contributed by atoms with Gasteiger partial charge < -0.3 is 20.9 Å². The molecular formula is C38H51ClFN3O4. The SMILES string of the molecule is CCCCCCCCCCCCCCCc1cccc(OC(CC)C(=O)Nc2cc(O)c(N(C(N)=O)c3cccc(Cl)c3)cc2F)c1. The summed E-state index contributed by atoms with van der Waals surface area (Å²) in [4.78, 5) is 26.3. The van der Waals surface area contributed by atoms with Gasteiger partial charge in [0.25, 0.3) is 5.91 Å². The Bertz CT molecular complexity index is 1420. The van der Waals surface area contributed by atoms with Gasteiger partial charge >= 0.3 is 6.03 Å². The van der Waals surface area contributed by atoms with Crippen LogP contribution in [-0.4, -0.2) is 23.1 Å². The number of anilines is 3. The second kappa shape index (κ2) is 20.5. The van der Waals surface area contributed by atoms with E-state index in [1.807, 2.05) is 12.1 Å². The minimum Gasteiger partial charge on any atom is -0.506 e. The average molecular weight is 668 g/mol. The summed E-state index contributed by atoms with van der Waals surface area (Å²) >= 11 is 6.04. The van der Waals surface area contributed by atoms with Gasteiger partial charge in [0.15, 0.2) is 6.10 Å². The van der Waals surface area contributed by atoms with Crippen LogP contribution in [0.25, 0.3) is 0 Å². The summed E-state index contributed by atoms with van der Waals surface area (Å²) in [6.07, 6.45) is 17.4. The number of benzene rings is 3. The van der Waals surface area contributed by atoms with Gasteiger partial charge in [0, 0.05) is 17.2 Å². The molecule has 0 spiro atoms. The van der Waals surface area contributed by atoms with E-state index in [0.717, 1.165) is 35.4 Å². The normalized spacial score (nSPS) is 11.7. The summed E-state index contributed by atoms with van der Waals surface area (Å²) in [6, 6.07) is 14.9. The molecule has 0 radical (unpaired) electrons. The molecule has 0 fully saturated rings. The van der Waals surface area contributed by atoms with Crippen molar-refractivity contribution in [3.05, 3.63) is 77.1 Å². The van der Waals surface area contributed by atoms with Gasteiger partial charge in [-0.05, 0) is 55.2 Å². The number of nitrogens with zero attached hydrogens (tertiary/aromatic N) is 1. The molecule has 3 aromatic rings. The highest BCUT2D eigenvalue weighted by Crippen LogP contribution is 2.37. The maximum absolute atomic E-state index is 15.2. The lowest BCUT2D eigenvalue weighted by Crippen LogP contribution is -2.33. The number of hydrogen-bond acceptors (Lipinski definition) is 4. The number of nitrogens with one attached hydrogen (secondary N) is 1. The van der Waals surface area contributed by atoms with E-state index in [1.165, 1.54) is 83.1 Å². The van der Waals surface area contributed by atoms with Crippen molar-refractivity contribution in [1.82, 2.24) is 0 Å². The lowest BCUT2D eigenvalue weighted by atomic mass is 10.0. The van der Waals surface area contributed by atoms with Crippen LogP contribution in [0.2, 0.25) is 5.02 Å². The largest absolute Gasteiger partial charge is 0.506 e. The van der Waals surface area contributed by atoms with Crippen molar-refractivity contribution >= 4 is 40.6 Å². The van der Waals surface area contributed by atoms with Gasteiger partial charge in [-0.15, -0.1) is 0 Å². The number of primary amides is 1. The Morgan fingerprint density at radius 2 is 1.49 bits per heavy atom. The predicted octanol–water partition coefficient (Wildman–Crippen LogP) is 10.8. The molecule has 9 heteroatoms. The third-order valence-electron chi connectivity index (χ3n) is 8.26. The summed E-state index contributed by atoms with van der Waals surface area (Å²) in [5.74, 6) is -1.33. The van der Waals surface area contributed by atoms with Crippen molar-refractivity contribution in [2.45, 2.75) is 116 Å². The number of phenols is 1. The highest BCUT2D eigenvalue weighted by Gasteiger charge is 2.24. The van der Waals surface area contributed by atoms with Crippen LogP contribution in [0, 0.1) is 5.82 Å². The molecule has 3 aromatic carbocycles. The highest BCUT2D eigenvalue weighted by molar-refractivity contribution is 6.31. The van der Waals surface area contributed by atoms with Crippen molar-refractivity contribution in [3.8, 4) is 11.5 Å². The smallest absolute Gasteiger partial charge is 0.324 e. The van der Waals surface area contributed by atoms with Crippen LogP contribution in [-0.2, 0) is 11.2 Å². The summed E-state index contributed by atoms with van der Waals surface area (Å²) in [6.45, 7) is 4.06. The van der Waals surface area contributed by atoms with Crippen molar-refractivity contribution in [2.24, 2.45) is 5.73 Å². The van der Waals surface area contributed by atoms with Gasteiger partial charge in [-0.3, -0.25) is 9.69 Å². The van der Waals surface area contributed by atoms with E-state index in [4.69, 9.17) is 22.1 Å². The molecule has 47 heavy (non-hydrogen) atoms. The van der Waals surface area contributed by atoms with Crippen LogP contribution >= 0.6 is 11.6 Å². The summed E-state index contributed by atoms with van der Waals surface area (Å²) in [5, 5.41) is 13.5. The standard InChI is InChI=1S/C38H51ClFN3O4/c1-3-5-6-7-8-9-10-11-12-13-14-15-16-19-28-20-17-23-31(24-28)47-36(4-2)37(45)42-33-27-35(44)34(26-32(33)40)43(38(41)46)30-22-18-21-29(39)25-30/h17-18,20-27,36,44H,3-16,19H2,1-2H3,(H2,41,46)(H,42,45). The van der Waals surface area contributed by atoms with Crippen LogP contribution < -0.4 is 20.7 Å². The molecular weight excluding hydrogens is 617 g/mol. The Morgan fingerprint density at radius 3 is 2.09 bits per heavy atom. The van der Waals surface area contributed by atoms with Crippen LogP contribution in [0.3, 0.4) is 0 Å². The fourth-order valence-corrected chi connectivity index (χ4v) is 5.83. The van der Waals surface area contributed by atoms with E-state index in [2.05, 4.69) is 18.3 Å². The average Bonchev–Trinajstić information content (AvgIpc) is 3.04. The Morgan fingerprint density at radius 1 is 0.872 bits per heavy atom. The number of hydrogen-bond donors (Lipinski definition) is 3. The van der Waals surface area contributed by atoms with Gasteiger partial charge in [-0.2, -0.15) is 0 Å². The maximum Gasteiger partial charge on any atom is 0.324 e. The number of carbonyl (C=O) groups is 2. The van der Waals surface area contributed by atoms with Gasteiger partial charge in [0.2, 0.25) is 0 Å². The number of ether oxygens (including phenoxy) is 1. The third-order valence-corrected chi connectivity index (χ3v) is 8.49. The molecule has 0 aliphatic heterocycles. The van der Waals surface area contributed by atoms with Crippen molar-refractivity contribution in [3.63, 3.8) is 0 Å².